The van der Waals surface area contributed by atoms with Crippen LogP contribution in [0.2, 0.25) is 0 Å². The molecule has 0 N–H and O–H groups in total. The first-order chi connectivity index (χ1) is 15.2. The summed E-state index contributed by atoms with van der Waals surface area (Å²) in [7, 11) is 0. The molecule has 31 heavy (non-hydrogen) atoms. The molecule has 1 aromatic carbocycles. The molecule has 2 saturated heterocycles. The Morgan fingerprint density at radius 1 is 1.10 bits per heavy atom. The SMILES string of the molecule is CCN(C(=O)C1CCOCC1)C(Cc1ccccc1)C1CCN(Cc2ccsc2)CC1. The van der Waals surface area contributed by atoms with Gasteiger partial charge in [-0.15, -0.1) is 0 Å². The number of rotatable bonds is 8. The van der Waals surface area contributed by atoms with Gasteiger partial charge in [-0.05, 0) is 86.0 Å². The number of thiophene rings is 1. The van der Waals surface area contributed by atoms with E-state index in [-0.39, 0.29) is 12.0 Å². The molecule has 4 nitrogen and oxygen atoms in total. The highest BCUT2D eigenvalue weighted by Crippen LogP contribution is 2.30. The van der Waals surface area contributed by atoms with Crippen LogP contribution in [0.5, 0.6) is 0 Å². The van der Waals surface area contributed by atoms with Crippen molar-refractivity contribution in [3.63, 3.8) is 0 Å². The third kappa shape index (κ3) is 5.97. The molecule has 0 radical (unpaired) electrons. The molecule has 2 aromatic rings. The van der Waals surface area contributed by atoms with Gasteiger partial charge < -0.3 is 9.64 Å². The Hall–Kier alpha value is -1.69. The van der Waals surface area contributed by atoms with Crippen LogP contribution in [0.15, 0.2) is 47.2 Å². The zero-order valence-corrected chi connectivity index (χ0v) is 19.6. The number of piperidine rings is 1. The van der Waals surface area contributed by atoms with Crippen molar-refractivity contribution in [2.45, 2.75) is 51.6 Å². The van der Waals surface area contributed by atoms with Gasteiger partial charge in [0.25, 0.3) is 0 Å². The fourth-order valence-corrected chi connectivity index (χ4v) is 5.92. The normalized spacial score (nSPS) is 19.9. The predicted molar refractivity (Wildman–Crippen MR) is 127 cm³/mol. The average Bonchev–Trinajstić information content (AvgIpc) is 3.34. The molecular weight excluding hydrogens is 404 g/mol. The number of hydrogen-bond acceptors (Lipinski definition) is 4. The lowest BCUT2D eigenvalue weighted by atomic mass is 9.83. The summed E-state index contributed by atoms with van der Waals surface area (Å²) in [4.78, 5) is 18.3. The first-order valence-corrected chi connectivity index (χ1v) is 12.8. The maximum atomic E-state index is 13.5. The van der Waals surface area contributed by atoms with E-state index in [1.165, 1.54) is 24.0 Å². The van der Waals surface area contributed by atoms with E-state index in [1.807, 2.05) is 0 Å². The van der Waals surface area contributed by atoms with Crippen LogP contribution < -0.4 is 0 Å². The van der Waals surface area contributed by atoms with E-state index in [2.05, 4.69) is 63.9 Å². The molecule has 168 valence electrons. The van der Waals surface area contributed by atoms with Gasteiger partial charge >= 0.3 is 0 Å². The smallest absolute Gasteiger partial charge is 0.226 e. The standard InChI is InChI=1S/C26H36N2O2S/c1-2-28(26(29)24-10-15-30-16-11-24)25(18-21-6-4-3-5-7-21)23-8-13-27(14-9-23)19-22-12-17-31-20-22/h3-7,12,17,20,23-25H,2,8-11,13-16,18-19H2,1H3. The van der Waals surface area contributed by atoms with Crippen LogP contribution >= 0.6 is 11.3 Å². The van der Waals surface area contributed by atoms with Crippen molar-refractivity contribution in [2.75, 3.05) is 32.8 Å². The average molecular weight is 441 g/mol. The number of benzene rings is 1. The maximum absolute atomic E-state index is 13.5. The van der Waals surface area contributed by atoms with Crippen molar-refractivity contribution in [2.24, 2.45) is 11.8 Å². The summed E-state index contributed by atoms with van der Waals surface area (Å²) in [6.07, 6.45) is 5.02. The van der Waals surface area contributed by atoms with Crippen molar-refractivity contribution >= 4 is 17.2 Å². The van der Waals surface area contributed by atoms with Crippen molar-refractivity contribution in [1.29, 1.82) is 0 Å². The minimum atomic E-state index is 0.130. The van der Waals surface area contributed by atoms with Crippen molar-refractivity contribution in [3.8, 4) is 0 Å². The summed E-state index contributed by atoms with van der Waals surface area (Å²) in [5.41, 5.74) is 2.76. The maximum Gasteiger partial charge on any atom is 0.226 e. The van der Waals surface area contributed by atoms with Crippen LogP contribution in [0.25, 0.3) is 0 Å². The van der Waals surface area contributed by atoms with Gasteiger partial charge in [0, 0.05) is 38.3 Å². The van der Waals surface area contributed by atoms with Gasteiger partial charge in [0.15, 0.2) is 0 Å². The molecule has 0 bridgehead atoms. The molecule has 1 aromatic heterocycles. The number of ether oxygens (including phenoxy) is 1. The first-order valence-electron chi connectivity index (χ1n) is 11.9. The van der Waals surface area contributed by atoms with E-state index in [9.17, 15) is 4.79 Å². The Bertz CT molecular complexity index is 781. The molecule has 3 heterocycles. The third-order valence-electron chi connectivity index (χ3n) is 7.04. The van der Waals surface area contributed by atoms with E-state index < -0.39 is 0 Å². The second kappa shape index (κ2) is 11.3. The minimum absolute atomic E-state index is 0.130. The number of likely N-dealkylation sites (tertiary alicyclic amines) is 1. The summed E-state index contributed by atoms with van der Waals surface area (Å²) in [5, 5.41) is 4.43. The quantitative estimate of drug-likeness (QED) is 0.588. The lowest BCUT2D eigenvalue weighted by molar-refractivity contribution is -0.142. The van der Waals surface area contributed by atoms with Crippen molar-refractivity contribution in [3.05, 3.63) is 58.3 Å². The number of nitrogens with zero attached hydrogens (tertiary/aromatic N) is 2. The second-order valence-electron chi connectivity index (χ2n) is 9.01. The number of carbonyl (C=O) groups excluding carboxylic acids is 1. The van der Waals surface area contributed by atoms with E-state index in [0.29, 0.717) is 11.8 Å². The van der Waals surface area contributed by atoms with E-state index in [0.717, 1.165) is 58.7 Å². The van der Waals surface area contributed by atoms with Gasteiger partial charge in [-0.3, -0.25) is 9.69 Å². The Balaban J connectivity index is 1.46. The number of carbonyl (C=O) groups is 1. The monoisotopic (exact) mass is 440 g/mol. The summed E-state index contributed by atoms with van der Waals surface area (Å²) < 4.78 is 5.51. The van der Waals surface area contributed by atoms with Gasteiger partial charge in [0.2, 0.25) is 5.91 Å². The summed E-state index contributed by atoms with van der Waals surface area (Å²) in [6, 6.07) is 13.3. The Labute approximate surface area is 191 Å². The van der Waals surface area contributed by atoms with Crippen molar-refractivity contribution < 1.29 is 9.53 Å². The molecule has 2 aliphatic heterocycles. The lowest BCUT2D eigenvalue weighted by Gasteiger charge is -2.42. The molecule has 0 spiro atoms. The highest BCUT2D eigenvalue weighted by Gasteiger charge is 2.35. The number of amides is 1. The topological polar surface area (TPSA) is 32.8 Å². The van der Waals surface area contributed by atoms with E-state index in [1.54, 1.807) is 11.3 Å². The first kappa shape index (κ1) is 22.5. The van der Waals surface area contributed by atoms with E-state index in [4.69, 9.17) is 4.74 Å². The number of likely N-dealkylation sites (N-methyl/N-ethyl adjacent to an activating group) is 1. The Morgan fingerprint density at radius 2 is 1.84 bits per heavy atom. The largest absolute Gasteiger partial charge is 0.381 e. The van der Waals surface area contributed by atoms with Gasteiger partial charge in [0.05, 0.1) is 0 Å². The molecule has 0 aliphatic carbocycles. The molecule has 5 heteroatoms. The molecule has 1 atom stereocenters. The molecule has 2 aliphatic rings. The van der Waals surface area contributed by atoms with Crippen LogP contribution in [0.1, 0.15) is 43.7 Å². The van der Waals surface area contributed by atoms with Crippen LogP contribution in [-0.4, -0.2) is 54.6 Å². The molecule has 1 amide bonds. The molecular formula is C26H36N2O2S. The molecule has 2 fully saturated rings. The highest BCUT2D eigenvalue weighted by atomic mass is 32.1. The third-order valence-corrected chi connectivity index (χ3v) is 7.78. The molecule has 1 unspecified atom stereocenters. The van der Waals surface area contributed by atoms with Gasteiger partial charge in [-0.25, -0.2) is 0 Å². The van der Waals surface area contributed by atoms with Gasteiger partial charge in [-0.1, -0.05) is 30.3 Å². The fourth-order valence-electron chi connectivity index (χ4n) is 5.26. The lowest BCUT2D eigenvalue weighted by Crippen LogP contribution is -2.51. The van der Waals surface area contributed by atoms with Crippen LogP contribution in [0, 0.1) is 11.8 Å². The van der Waals surface area contributed by atoms with Gasteiger partial charge in [0.1, 0.15) is 0 Å². The Kier molecular flexibility index (Phi) is 8.17. The van der Waals surface area contributed by atoms with Gasteiger partial charge in [-0.2, -0.15) is 11.3 Å². The van der Waals surface area contributed by atoms with Crippen LogP contribution in [0.3, 0.4) is 0 Å². The van der Waals surface area contributed by atoms with Crippen LogP contribution in [-0.2, 0) is 22.5 Å². The van der Waals surface area contributed by atoms with Crippen LogP contribution in [0.4, 0.5) is 0 Å². The fraction of sp³-hybridized carbons (Fsp3) is 0.577. The number of hydrogen-bond donors (Lipinski definition) is 0. The minimum Gasteiger partial charge on any atom is -0.381 e. The summed E-state index contributed by atoms with van der Waals surface area (Å²) in [6.45, 7) is 7.68. The zero-order chi connectivity index (χ0) is 21.5. The summed E-state index contributed by atoms with van der Waals surface area (Å²) in [5.74, 6) is 1.04. The molecule has 0 saturated carbocycles. The zero-order valence-electron chi connectivity index (χ0n) is 18.7. The van der Waals surface area contributed by atoms with Crippen molar-refractivity contribution in [1.82, 2.24) is 9.80 Å². The highest BCUT2D eigenvalue weighted by molar-refractivity contribution is 7.07. The predicted octanol–water partition coefficient (Wildman–Crippen LogP) is 4.85. The molecule has 4 rings (SSSR count). The second-order valence-corrected chi connectivity index (χ2v) is 9.79. The summed E-state index contributed by atoms with van der Waals surface area (Å²) >= 11 is 1.78. The van der Waals surface area contributed by atoms with E-state index >= 15 is 0 Å². The Morgan fingerprint density at radius 3 is 2.48 bits per heavy atom.